The number of nitrogens with zero attached hydrogens (tertiary/aromatic N) is 1. The van der Waals surface area contributed by atoms with E-state index in [9.17, 15) is 13.2 Å². The van der Waals surface area contributed by atoms with E-state index in [1.54, 1.807) is 16.4 Å². The standard InChI is InChI=1S/C23H36N2O4S/c1-29-22-15-14-20(30(27,28)25-16-7-2-3-8-17-25)18-21(22)24-23(26)13-9-12-19-10-5-4-6-11-19/h14-15,18-19H,2-13,16-17H2,1H3,(H,24,26). The first-order valence-electron chi connectivity index (χ1n) is 11.5. The Morgan fingerprint density at radius 2 is 1.73 bits per heavy atom. The van der Waals surface area contributed by atoms with Gasteiger partial charge in [-0.1, -0.05) is 44.9 Å². The average molecular weight is 437 g/mol. The second-order valence-corrected chi connectivity index (χ2v) is 10.6. The molecule has 0 unspecified atom stereocenters. The number of amides is 1. The van der Waals surface area contributed by atoms with Crippen molar-refractivity contribution in [3.8, 4) is 5.75 Å². The molecule has 1 aliphatic heterocycles. The minimum Gasteiger partial charge on any atom is -0.495 e. The number of sulfonamides is 1. The summed E-state index contributed by atoms with van der Waals surface area (Å²) in [6, 6.07) is 4.73. The molecular formula is C23H36N2O4S. The molecule has 0 spiro atoms. The van der Waals surface area contributed by atoms with Crippen LogP contribution in [-0.2, 0) is 14.8 Å². The highest BCUT2D eigenvalue weighted by Crippen LogP contribution is 2.31. The fourth-order valence-electron chi connectivity index (χ4n) is 4.62. The summed E-state index contributed by atoms with van der Waals surface area (Å²) < 4.78 is 33.1. The summed E-state index contributed by atoms with van der Waals surface area (Å²) in [6.45, 7) is 1.11. The molecule has 1 N–H and O–H groups in total. The zero-order chi connectivity index (χ0) is 21.4. The van der Waals surface area contributed by atoms with Crippen molar-refractivity contribution < 1.29 is 17.9 Å². The molecule has 0 bridgehead atoms. The average Bonchev–Trinajstić information content (AvgIpc) is 3.05. The number of rotatable bonds is 8. The second kappa shape index (κ2) is 11.1. The van der Waals surface area contributed by atoms with Crippen LogP contribution in [0.25, 0.3) is 0 Å². The number of carbonyl (C=O) groups excluding carboxylic acids is 1. The number of benzene rings is 1. The van der Waals surface area contributed by atoms with Crippen LogP contribution in [0.15, 0.2) is 23.1 Å². The van der Waals surface area contributed by atoms with Crippen LogP contribution in [0.4, 0.5) is 5.69 Å². The van der Waals surface area contributed by atoms with Gasteiger partial charge in [-0.15, -0.1) is 0 Å². The van der Waals surface area contributed by atoms with Gasteiger partial charge in [0.1, 0.15) is 5.75 Å². The maximum absolute atomic E-state index is 13.1. The van der Waals surface area contributed by atoms with Crippen molar-refractivity contribution in [2.24, 2.45) is 5.92 Å². The maximum Gasteiger partial charge on any atom is 0.243 e. The topological polar surface area (TPSA) is 75.7 Å². The SMILES string of the molecule is COc1ccc(S(=O)(=O)N2CCCCCC2)cc1NC(=O)CCCC1CCCCC1. The van der Waals surface area contributed by atoms with Gasteiger partial charge >= 0.3 is 0 Å². The molecule has 6 nitrogen and oxygen atoms in total. The fourth-order valence-corrected chi connectivity index (χ4v) is 6.16. The van der Waals surface area contributed by atoms with Crippen molar-refractivity contribution in [3.05, 3.63) is 18.2 Å². The molecule has 168 valence electrons. The lowest BCUT2D eigenvalue weighted by Gasteiger charge is -2.21. The summed E-state index contributed by atoms with van der Waals surface area (Å²) in [5.74, 6) is 1.14. The third-order valence-corrected chi connectivity index (χ3v) is 8.28. The van der Waals surface area contributed by atoms with Crippen LogP contribution in [0, 0.1) is 5.92 Å². The van der Waals surface area contributed by atoms with Crippen LogP contribution >= 0.6 is 0 Å². The van der Waals surface area contributed by atoms with Gasteiger partial charge in [0.05, 0.1) is 17.7 Å². The van der Waals surface area contributed by atoms with Gasteiger partial charge in [0.15, 0.2) is 0 Å². The number of nitrogens with one attached hydrogen (secondary N) is 1. The molecule has 2 fully saturated rings. The summed E-state index contributed by atoms with van der Waals surface area (Å²) in [4.78, 5) is 12.7. The molecule has 1 aliphatic carbocycles. The maximum atomic E-state index is 13.1. The van der Waals surface area contributed by atoms with E-state index in [-0.39, 0.29) is 10.8 Å². The lowest BCUT2D eigenvalue weighted by atomic mass is 9.86. The molecule has 1 aromatic rings. The number of anilines is 1. The van der Waals surface area contributed by atoms with E-state index in [1.807, 2.05) is 0 Å². The molecular weight excluding hydrogens is 400 g/mol. The number of methoxy groups -OCH3 is 1. The van der Waals surface area contributed by atoms with Crippen LogP contribution in [0.1, 0.15) is 77.0 Å². The summed E-state index contributed by atoms with van der Waals surface area (Å²) in [5, 5.41) is 2.88. The van der Waals surface area contributed by atoms with E-state index < -0.39 is 10.0 Å². The Hall–Kier alpha value is -1.60. The number of hydrogen-bond donors (Lipinski definition) is 1. The zero-order valence-electron chi connectivity index (χ0n) is 18.2. The van der Waals surface area contributed by atoms with Gasteiger partial charge in [0.25, 0.3) is 0 Å². The third kappa shape index (κ3) is 6.20. The Morgan fingerprint density at radius 1 is 1.07 bits per heavy atom. The first kappa shape index (κ1) is 23.1. The first-order chi connectivity index (χ1) is 14.5. The van der Waals surface area contributed by atoms with Crippen LogP contribution in [-0.4, -0.2) is 38.8 Å². The Kier molecular flexibility index (Phi) is 8.57. The summed E-state index contributed by atoms with van der Waals surface area (Å²) in [6.07, 6.45) is 12.8. The van der Waals surface area contributed by atoms with E-state index in [0.717, 1.165) is 44.4 Å². The molecule has 2 aliphatic rings. The van der Waals surface area contributed by atoms with Gasteiger partial charge in [-0.3, -0.25) is 4.79 Å². The van der Waals surface area contributed by atoms with Crippen LogP contribution in [0.5, 0.6) is 5.75 Å². The quantitative estimate of drug-likeness (QED) is 0.626. The molecule has 1 amide bonds. The molecule has 0 aromatic heterocycles. The summed E-state index contributed by atoms with van der Waals surface area (Å²) in [7, 11) is -2.05. The summed E-state index contributed by atoms with van der Waals surface area (Å²) in [5.41, 5.74) is 0.427. The highest BCUT2D eigenvalue weighted by atomic mass is 32.2. The molecule has 1 heterocycles. The molecule has 7 heteroatoms. The smallest absolute Gasteiger partial charge is 0.243 e. The van der Waals surface area contributed by atoms with E-state index in [4.69, 9.17) is 4.74 Å². The van der Waals surface area contributed by atoms with Crippen molar-refractivity contribution in [1.82, 2.24) is 4.31 Å². The number of ether oxygens (including phenoxy) is 1. The van der Waals surface area contributed by atoms with Crippen LogP contribution in [0.2, 0.25) is 0 Å². The van der Waals surface area contributed by atoms with Crippen LogP contribution in [0.3, 0.4) is 0 Å². The monoisotopic (exact) mass is 436 g/mol. The highest BCUT2D eigenvalue weighted by Gasteiger charge is 2.26. The lowest BCUT2D eigenvalue weighted by Crippen LogP contribution is -2.32. The predicted molar refractivity (Wildman–Crippen MR) is 119 cm³/mol. The van der Waals surface area contributed by atoms with Crippen molar-refractivity contribution in [2.75, 3.05) is 25.5 Å². The Morgan fingerprint density at radius 3 is 2.40 bits per heavy atom. The largest absolute Gasteiger partial charge is 0.495 e. The van der Waals surface area contributed by atoms with E-state index in [1.165, 1.54) is 45.3 Å². The molecule has 30 heavy (non-hydrogen) atoms. The van der Waals surface area contributed by atoms with Crippen molar-refractivity contribution in [3.63, 3.8) is 0 Å². The van der Waals surface area contributed by atoms with E-state index in [2.05, 4.69) is 5.32 Å². The molecule has 0 radical (unpaired) electrons. The third-order valence-electron chi connectivity index (χ3n) is 6.39. The Bertz CT molecular complexity index is 795. The van der Waals surface area contributed by atoms with Crippen molar-refractivity contribution in [1.29, 1.82) is 0 Å². The molecule has 1 aromatic carbocycles. The minimum atomic E-state index is -3.57. The van der Waals surface area contributed by atoms with Crippen molar-refractivity contribution in [2.45, 2.75) is 81.9 Å². The van der Waals surface area contributed by atoms with Gasteiger partial charge in [0, 0.05) is 19.5 Å². The van der Waals surface area contributed by atoms with E-state index >= 15 is 0 Å². The lowest BCUT2D eigenvalue weighted by molar-refractivity contribution is -0.116. The van der Waals surface area contributed by atoms with E-state index in [0.29, 0.717) is 30.9 Å². The fraction of sp³-hybridized carbons (Fsp3) is 0.696. The normalized spacial score (nSPS) is 19.2. The molecule has 3 rings (SSSR count). The van der Waals surface area contributed by atoms with Gasteiger partial charge in [-0.05, 0) is 49.8 Å². The second-order valence-electron chi connectivity index (χ2n) is 8.62. The Labute approximate surface area is 181 Å². The zero-order valence-corrected chi connectivity index (χ0v) is 19.0. The number of hydrogen-bond acceptors (Lipinski definition) is 4. The van der Waals surface area contributed by atoms with Gasteiger partial charge in [-0.25, -0.2) is 8.42 Å². The Balaban J connectivity index is 1.64. The first-order valence-corrected chi connectivity index (χ1v) is 12.9. The minimum absolute atomic E-state index is 0.0894. The highest BCUT2D eigenvalue weighted by molar-refractivity contribution is 7.89. The number of carbonyl (C=O) groups is 1. The van der Waals surface area contributed by atoms with Crippen LogP contribution < -0.4 is 10.1 Å². The molecule has 1 saturated heterocycles. The summed E-state index contributed by atoms with van der Waals surface area (Å²) >= 11 is 0. The predicted octanol–water partition coefficient (Wildman–Crippen LogP) is 4.95. The van der Waals surface area contributed by atoms with Gasteiger partial charge in [0.2, 0.25) is 15.9 Å². The molecule has 0 atom stereocenters. The van der Waals surface area contributed by atoms with Gasteiger partial charge < -0.3 is 10.1 Å². The molecule has 1 saturated carbocycles. The van der Waals surface area contributed by atoms with Gasteiger partial charge in [-0.2, -0.15) is 4.31 Å². The van der Waals surface area contributed by atoms with Crippen molar-refractivity contribution >= 4 is 21.6 Å².